The second-order valence-electron chi connectivity index (χ2n) is 6.85. The monoisotopic (exact) mass is 444 g/mol. The molecule has 0 aliphatic carbocycles. The molecule has 1 aromatic heterocycles. The van der Waals surface area contributed by atoms with Gasteiger partial charge in [0.25, 0.3) is 6.33 Å². The Morgan fingerprint density at radius 1 is 0.828 bits per heavy atom. The zero-order valence-corrected chi connectivity index (χ0v) is 17.7. The van der Waals surface area contributed by atoms with E-state index in [9.17, 15) is 4.79 Å². The van der Waals surface area contributed by atoms with Crippen LogP contribution in [0.15, 0.2) is 97.5 Å². The number of carbonyl (C=O) groups is 1. The Labute approximate surface area is 181 Å². The zero-order valence-electron chi connectivity index (χ0n) is 16.1. The fourth-order valence-corrected chi connectivity index (χ4v) is 3.19. The first-order valence-corrected chi connectivity index (χ1v) is 9.30. The van der Waals surface area contributed by atoms with Crippen LogP contribution in [0.1, 0.15) is 15.9 Å². The first-order valence-electron chi connectivity index (χ1n) is 9.30. The Balaban J connectivity index is 0.00000240. The Hall–Kier alpha value is -3.11. The number of nitrogens with zero attached hydrogens (tertiary/aromatic N) is 2. The van der Waals surface area contributed by atoms with Crippen LogP contribution in [0.25, 0.3) is 22.4 Å². The van der Waals surface area contributed by atoms with E-state index in [1.807, 2.05) is 71.4 Å². The van der Waals surface area contributed by atoms with Gasteiger partial charge in [-0.3, -0.25) is 4.79 Å². The van der Waals surface area contributed by atoms with Crippen LogP contribution < -0.4 is 21.5 Å². The summed E-state index contributed by atoms with van der Waals surface area (Å²) < 4.78 is 1.81. The Kier molecular flexibility index (Phi) is 6.68. The Morgan fingerprint density at radius 3 is 2.17 bits per heavy atom. The number of carbonyl (C=O) groups excluding carboxylic acids is 1. The van der Waals surface area contributed by atoms with E-state index in [2.05, 4.69) is 36.2 Å². The third kappa shape index (κ3) is 5.04. The van der Waals surface area contributed by atoms with Crippen molar-refractivity contribution in [2.45, 2.75) is 13.5 Å². The summed E-state index contributed by atoms with van der Waals surface area (Å²) in [6.45, 7) is 2.33. The fraction of sp³-hybridized carbons (Fsp3) is 0.0800. The third-order valence-electron chi connectivity index (χ3n) is 4.72. The van der Waals surface area contributed by atoms with Gasteiger partial charge < -0.3 is 17.0 Å². The van der Waals surface area contributed by atoms with Crippen LogP contribution >= 0.6 is 0 Å². The van der Waals surface area contributed by atoms with Crippen LogP contribution in [0.3, 0.4) is 0 Å². The summed E-state index contributed by atoms with van der Waals surface area (Å²) in [6, 6.07) is 28.1. The van der Waals surface area contributed by atoms with E-state index in [1.165, 1.54) is 5.56 Å². The minimum absolute atomic E-state index is 0. The summed E-state index contributed by atoms with van der Waals surface area (Å²) in [7, 11) is 0. The van der Waals surface area contributed by atoms with Crippen molar-refractivity contribution in [3.05, 3.63) is 109 Å². The van der Waals surface area contributed by atoms with Crippen LogP contribution in [0.4, 0.5) is 0 Å². The lowest BCUT2D eigenvalue weighted by molar-refractivity contribution is -0.686. The molecule has 0 radical (unpaired) electrons. The van der Waals surface area contributed by atoms with Crippen molar-refractivity contribution in [2.75, 3.05) is 0 Å². The summed E-state index contributed by atoms with van der Waals surface area (Å²) >= 11 is 0. The molecule has 0 saturated carbocycles. The first-order chi connectivity index (χ1) is 13.7. The van der Waals surface area contributed by atoms with Crippen molar-refractivity contribution >= 4 is 5.78 Å². The summed E-state index contributed by atoms with van der Waals surface area (Å²) in [5, 5.41) is 0. The zero-order chi connectivity index (χ0) is 19.3. The standard InChI is InChI=1S/C25H21N2O.BrH/c1-19-6-5-9-23(16-19)24-14-15-27(18-26-24)17-25(28)22-12-10-21(11-13-22)20-7-3-2-4-8-20;/h2-16,18H,17H2,1H3;1H/q+1;/p-1. The molecule has 0 atom stereocenters. The predicted molar refractivity (Wildman–Crippen MR) is 111 cm³/mol. The van der Waals surface area contributed by atoms with Gasteiger partial charge in [-0.05, 0) is 29.1 Å². The van der Waals surface area contributed by atoms with Crippen LogP contribution in [-0.4, -0.2) is 10.8 Å². The maximum atomic E-state index is 12.6. The van der Waals surface area contributed by atoms with Gasteiger partial charge in [0.1, 0.15) is 0 Å². The average Bonchev–Trinajstić information content (AvgIpc) is 2.75. The molecule has 0 fully saturated rings. The van der Waals surface area contributed by atoms with E-state index < -0.39 is 0 Å². The maximum absolute atomic E-state index is 12.6. The highest BCUT2D eigenvalue weighted by molar-refractivity contribution is 5.95. The van der Waals surface area contributed by atoms with Crippen molar-refractivity contribution in [2.24, 2.45) is 0 Å². The summed E-state index contributed by atoms with van der Waals surface area (Å²) in [5.41, 5.74) is 6.13. The van der Waals surface area contributed by atoms with Crippen LogP contribution in [-0.2, 0) is 6.54 Å². The van der Waals surface area contributed by atoms with Crippen molar-refractivity contribution in [1.82, 2.24) is 4.98 Å². The molecule has 1 heterocycles. The van der Waals surface area contributed by atoms with Gasteiger partial charge in [-0.2, -0.15) is 0 Å². The molecule has 3 aromatic carbocycles. The van der Waals surface area contributed by atoms with E-state index >= 15 is 0 Å². The molecule has 4 rings (SSSR count). The molecule has 3 nitrogen and oxygen atoms in total. The lowest BCUT2D eigenvalue weighted by Crippen LogP contribution is -3.00. The minimum Gasteiger partial charge on any atom is -1.00 e. The van der Waals surface area contributed by atoms with Gasteiger partial charge in [-0.1, -0.05) is 78.4 Å². The number of aromatic nitrogens is 2. The van der Waals surface area contributed by atoms with E-state index in [1.54, 1.807) is 6.33 Å². The molecule has 0 spiro atoms. The van der Waals surface area contributed by atoms with Crippen molar-refractivity contribution < 1.29 is 26.3 Å². The van der Waals surface area contributed by atoms with Crippen molar-refractivity contribution in [3.63, 3.8) is 0 Å². The van der Waals surface area contributed by atoms with E-state index in [0.717, 1.165) is 22.4 Å². The quantitative estimate of drug-likeness (QED) is 0.348. The number of hydrogen-bond acceptors (Lipinski definition) is 2. The highest BCUT2D eigenvalue weighted by Crippen LogP contribution is 2.19. The topological polar surface area (TPSA) is 33.8 Å². The average molecular weight is 445 g/mol. The number of Topliss-reactive ketones (excluding diaryl/α,β-unsaturated/α-hetero) is 1. The van der Waals surface area contributed by atoms with Crippen molar-refractivity contribution in [1.29, 1.82) is 0 Å². The number of benzene rings is 3. The SMILES string of the molecule is Cc1cccc(-c2cc[n+](CC(=O)c3ccc(-c4ccccc4)cc3)cn2)c1.[Br-]. The lowest BCUT2D eigenvalue weighted by Gasteiger charge is -2.04. The van der Waals surface area contributed by atoms with Gasteiger partial charge in [0.05, 0.1) is 6.20 Å². The lowest BCUT2D eigenvalue weighted by atomic mass is 10.0. The molecule has 0 saturated heterocycles. The highest BCUT2D eigenvalue weighted by Gasteiger charge is 2.12. The molecular weight excluding hydrogens is 424 g/mol. The second-order valence-corrected chi connectivity index (χ2v) is 6.85. The normalized spacial score (nSPS) is 10.2. The summed E-state index contributed by atoms with van der Waals surface area (Å²) in [6.07, 6.45) is 3.62. The summed E-state index contributed by atoms with van der Waals surface area (Å²) in [5.74, 6) is 0.0646. The number of ketones is 1. The van der Waals surface area contributed by atoms with Gasteiger partial charge >= 0.3 is 0 Å². The van der Waals surface area contributed by atoms with Gasteiger partial charge in [0, 0.05) is 17.2 Å². The molecule has 0 amide bonds. The molecule has 0 bridgehead atoms. The van der Waals surface area contributed by atoms with E-state index in [0.29, 0.717) is 5.56 Å². The predicted octanol–water partition coefficient (Wildman–Crippen LogP) is 1.90. The molecule has 29 heavy (non-hydrogen) atoms. The maximum Gasteiger partial charge on any atom is 0.287 e. The number of aryl methyl sites for hydroxylation is 1. The number of halogens is 1. The third-order valence-corrected chi connectivity index (χ3v) is 4.72. The van der Waals surface area contributed by atoms with Gasteiger partial charge in [-0.25, -0.2) is 4.57 Å². The molecule has 0 N–H and O–H groups in total. The number of hydrogen-bond donors (Lipinski definition) is 0. The molecule has 4 aromatic rings. The molecular formula is C25H21BrN2O. The van der Waals surface area contributed by atoms with Gasteiger partial charge in [0.2, 0.25) is 5.78 Å². The molecule has 0 aliphatic rings. The summed E-state index contributed by atoms with van der Waals surface area (Å²) in [4.78, 5) is 17.1. The molecule has 4 heteroatoms. The highest BCUT2D eigenvalue weighted by atomic mass is 79.9. The van der Waals surface area contributed by atoms with Gasteiger partial charge in [0.15, 0.2) is 12.2 Å². The smallest absolute Gasteiger partial charge is 0.287 e. The number of rotatable bonds is 5. The Morgan fingerprint density at radius 2 is 1.52 bits per heavy atom. The van der Waals surface area contributed by atoms with Crippen molar-refractivity contribution in [3.8, 4) is 22.4 Å². The second kappa shape index (κ2) is 9.39. The minimum atomic E-state index is 0. The molecule has 144 valence electrons. The van der Waals surface area contributed by atoms with Gasteiger partial charge in [-0.15, -0.1) is 0 Å². The van der Waals surface area contributed by atoms with E-state index in [4.69, 9.17) is 0 Å². The molecule has 0 unspecified atom stereocenters. The largest absolute Gasteiger partial charge is 1.00 e. The molecule has 0 aliphatic heterocycles. The van der Waals surface area contributed by atoms with Crippen LogP contribution in [0, 0.1) is 6.92 Å². The first kappa shape index (κ1) is 20.6. The Bertz CT molecular complexity index is 1090. The van der Waals surface area contributed by atoms with Crippen LogP contribution in [0.2, 0.25) is 0 Å². The fourth-order valence-electron chi connectivity index (χ4n) is 3.19. The van der Waals surface area contributed by atoms with Crippen LogP contribution in [0.5, 0.6) is 0 Å². The van der Waals surface area contributed by atoms with E-state index in [-0.39, 0.29) is 29.3 Å².